The summed E-state index contributed by atoms with van der Waals surface area (Å²) in [4.78, 5) is 16.7. The molecular weight excluding hydrogens is 389 g/mol. The summed E-state index contributed by atoms with van der Waals surface area (Å²) in [6.45, 7) is 2.43. The molecule has 0 saturated heterocycles. The molecule has 8 heteroatoms. The summed E-state index contributed by atoms with van der Waals surface area (Å²) in [6, 6.07) is 11.8. The summed E-state index contributed by atoms with van der Waals surface area (Å²) >= 11 is 1.40. The Hall–Kier alpha value is -2.87. The van der Waals surface area contributed by atoms with Crippen LogP contribution >= 0.6 is 11.3 Å². The lowest BCUT2D eigenvalue weighted by Crippen LogP contribution is -2.15. The van der Waals surface area contributed by atoms with Gasteiger partial charge in [0.2, 0.25) is 5.91 Å². The Kier molecular flexibility index (Phi) is 5.99. The van der Waals surface area contributed by atoms with Crippen LogP contribution in [0.5, 0.6) is 5.75 Å². The Morgan fingerprint density at radius 2 is 1.86 bits per heavy atom. The highest BCUT2D eigenvalue weighted by atomic mass is 32.1. The van der Waals surface area contributed by atoms with Crippen molar-refractivity contribution in [2.24, 2.45) is 0 Å². The van der Waals surface area contributed by atoms with E-state index in [1.54, 1.807) is 5.38 Å². The van der Waals surface area contributed by atoms with E-state index in [1.165, 1.54) is 23.5 Å². The number of hydrogen-bond acceptors (Lipinski definition) is 4. The van der Waals surface area contributed by atoms with Crippen LogP contribution in [0.3, 0.4) is 0 Å². The van der Waals surface area contributed by atoms with Gasteiger partial charge in [0.1, 0.15) is 10.8 Å². The number of nitrogens with one attached hydrogen (secondary N) is 1. The number of anilines is 1. The van der Waals surface area contributed by atoms with Crippen molar-refractivity contribution in [3.63, 3.8) is 0 Å². The fourth-order valence-corrected chi connectivity index (χ4v) is 3.40. The molecule has 0 saturated carbocycles. The Balaban J connectivity index is 1.66. The lowest BCUT2D eigenvalue weighted by atomic mass is 10.2. The first kappa shape index (κ1) is 19.9. The third kappa shape index (κ3) is 4.89. The highest BCUT2D eigenvalue weighted by Crippen LogP contribution is 2.32. The molecule has 146 valence electrons. The summed E-state index contributed by atoms with van der Waals surface area (Å²) in [7, 11) is 0. The third-order valence-corrected chi connectivity index (χ3v) is 4.73. The minimum atomic E-state index is -4.41. The van der Waals surface area contributed by atoms with Gasteiger partial charge in [-0.3, -0.25) is 4.79 Å². The molecule has 1 amide bonds. The van der Waals surface area contributed by atoms with Crippen molar-refractivity contribution >= 4 is 22.9 Å². The average molecular weight is 406 g/mol. The average Bonchev–Trinajstić information content (AvgIpc) is 3.10. The number of rotatable bonds is 6. The van der Waals surface area contributed by atoms with Crippen molar-refractivity contribution in [1.29, 1.82) is 0 Å². The number of carbonyl (C=O) groups excluding carboxylic acids is 1. The monoisotopic (exact) mass is 406 g/mol. The number of nitrogens with zero attached hydrogens (tertiary/aromatic N) is 1. The van der Waals surface area contributed by atoms with E-state index in [-0.39, 0.29) is 12.3 Å². The Morgan fingerprint density at radius 3 is 2.54 bits per heavy atom. The fraction of sp³-hybridized carbons (Fsp3) is 0.200. The maximum atomic E-state index is 12.6. The number of para-hydroxylation sites is 1. The number of carbonyl (C=O) groups is 1. The van der Waals surface area contributed by atoms with Crippen molar-refractivity contribution in [3.05, 3.63) is 65.2 Å². The molecule has 3 aromatic rings. The van der Waals surface area contributed by atoms with Crippen LogP contribution < -0.4 is 10.1 Å². The molecule has 0 aliphatic heterocycles. The number of hydrogen-bond donors (Lipinski definition) is 1. The molecule has 0 aliphatic rings. The van der Waals surface area contributed by atoms with Crippen LogP contribution in [0, 0.1) is 0 Å². The summed E-state index contributed by atoms with van der Waals surface area (Å²) in [5.41, 5.74) is 0.970. The second-order valence-electron chi connectivity index (χ2n) is 5.87. The SMILES string of the molecule is CCOc1ccccc1-c1nc(CC(=O)Nc2ccc(C(F)(F)F)cc2)cs1. The molecule has 0 aliphatic carbocycles. The van der Waals surface area contributed by atoms with Gasteiger partial charge in [-0.15, -0.1) is 11.3 Å². The molecule has 0 bridgehead atoms. The van der Waals surface area contributed by atoms with Crippen LogP contribution in [0.15, 0.2) is 53.9 Å². The first-order valence-electron chi connectivity index (χ1n) is 8.50. The molecule has 3 rings (SSSR count). The van der Waals surface area contributed by atoms with E-state index in [9.17, 15) is 18.0 Å². The molecule has 2 aromatic carbocycles. The number of aromatic nitrogens is 1. The van der Waals surface area contributed by atoms with Crippen LogP contribution in [0.1, 0.15) is 18.2 Å². The van der Waals surface area contributed by atoms with Gasteiger partial charge >= 0.3 is 6.18 Å². The molecule has 1 aromatic heterocycles. The predicted octanol–water partition coefficient (Wildman–Crippen LogP) is 5.41. The number of ether oxygens (including phenoxy) is 1. The molecule has 0 radical (unpaired) electrons. The van der Waals surface area contributed by atoms with Crippen LogP contribution in [0.25, 0.3) is 10.6 Å². The molecular formula is C20H17F3N2O2S. The summed E-state index contributed by atoms with van der Waals surface area (Å²) in [5, 5.41) is 5.10. The summed E-state index contributed by atoms with van der Waals surface area (Å²) in [6.07, 6.45) is -4.38. The van der Waals surface area contributed by atoms with E-state index in [0.29, 0.717) is 18.0 Å². The van der Waals surface area contributed by atoms with E-state index in [2.05, 4.69) is 10.3 Å². The third-order valence-electron chi connectivity index (χ3n) is 3.81. The standard InChI is InChI=1S/C20H17F3N2O2S/c1-2-27-17-6-4-3-5-16(17)19-25-15(12-28-19)11-18(26)24-14-9-7-13(8-10-14)20(21,22)23/h3-10,12H,2,11H2,1H3,(H,24,26). The van der Waals surface area contributed by atoms with Gasteiger partial charge in [-0.25, -0.2) is 4.98 Å². The second kappa shape index (κ2) is 8.43. The van der Waals surface area contributed by atoms with Gasteiger partial charge in [-0.1, -0.05) is 12.1 Å². The van der Waals surface area contributed by atoms with Crippen molar-refractivity contribution in [2.45, 2.75) is 19.5 Å². The molecule has 28 heavy (non-hydrogen) atoms. The number of alkyl halides is 3. The molecule has 0 fully saturated rings. The fourth-order valence-electron chi connectivity index (χ4n) is 2.55. The Bertz CT molecular complexity index is 953. The molecule has 0 atom stereocenters. The van der Waals surface area contributed by atoms with E-state index in [4.69, 9.17) is 4.74 Å². The predicted molar refractivity (Wildman–Crippen MR) is 102 cm³/mol. The molecule has 0 spiro atoms. The van der Waals surface area contributed by atoms with E-state index >= 15 is 0 Å². The van der Waals surface area contributed by atoms with Crippen LogP contribution in [0.4, 0.5) is 18.9 Å². The van der Waals surface area contributed by atoms with Crippen molar-refractivity contribution in [3.8, 4) is 16.3 Å². The highest BCUT2D eigenvalue weighted by Gasteiger charge is 2.30. The zero-order valence-electron chi connectivity index (χ0n) is 14.9. The number of benzene rings is 2. The van der Waals surface area contributed by atoms with Crippen LogP contribution in [0.2, 0.25) is 0 Å². The highest BCUT2D eigenvalue weighted by molar-refractivity contribution is 7.13. The Morgan fingerprint density at radius 1 is 1.14 bits per heavy atom. The van der Waals surface area contributed by atoms with Gasteiger partial charge in [0.15, 0.2) is 0 Å². The molecule has 1 N–H and O–H groups in total. The van der Waals surface area contributed by atoms with E-state index in [0.717, 1.165) is 28.5 Å². The lowest BCUT2D eigenvalue weighted by Gasteiger charge is -2.08. The van der Waals surface area contributed by atoms with Gasteiger partial charge in [-0.2, -0.15) is 13.2 Å². The number of amides is 1. The zero-order valence-corrected chi connectivity index (χ0v) is 15.7. The minimum Gasteiger partial charge on any atom is -0.493 e. The Labute approximate surface area is 164 Å². The summed E-state index contributed by atoms with van der Waals surface area (Å²) in [5.74, 6) is 0.370. The van der Waals surface area contributed by atoms with E-state index < -0.39 is 11.7 Å². The summed E-state index contributed by atoms with van der Waals surface area (Å²) < 4.78 is 43.4. The topological polar surface area (TPSA) is 51.2 Å². The molecule has 4 nitrogen and oxygen atoms in total. The van der Waals surface area contributed by atoms with Crippen LogP contribution in [-0.4, -0.2) is 17.5 Å². The maximum absolute atomic E-state index is 12.6. The van der Waals surface area contributed by atoms with Crippen molar-refractivity contribution in [2.75, 3.05) is 11.9 Å². The largest absolute Gasteiger partial charge is 0.493 e. The lowest BCUT2D eigenvalue weighted by molar-refractivity contribution is -0.137. The van der Waals surface area contributed by atoms with Gasteiger partial charge in [0.25, 0.3) is 0 Å². The first-order valence-corrected chi connectivity index (χ1v) is 9.38. The normalized spacial score (nSPS) is 11.3. The molecule has 0 unspecified atom stereocenters. The van der Waals surface area contributed by atoms with Gasteiger partial charge in [0, 0.05) is 11.1 Å². The van der Waals surface area contributed by atoms with E-state index in [1.807, 2.05) is 31.2 Å². The first-order chi connectivity index (χ1) is 13.4. The molecule has 1 heterocycles. The number of halogens is 3. The smallest absolute Gasteiger partial charge is 0.416 e. The quantitative estimate of drug-likeness (QED) is 0.596. The van der Waals surface area contributed by atoms with Crippen molar-refractivity contribution in [1.82, 2.24) is 4.98 Å². The van der Waals surface area contributed by atoms with Gasteiger partial charge < -0.3 is 10.1 Å². The number of thiazole rings is 1. The van der Waals surface area contributed by atoms with Crippen molar-refractivity contribution < 1.29 is 22.7 Å². The van der Waals surface area contributed by atoms with Gasteiger partial charge in [-0.05, 0) is 43.3 Å². The minimum absolute atomic E-state index is 0.0221. The van der Waals surface area contributed by atoms with Gasteiger partial charge in [0.05, 0.1) is 29.8 Å². The van der Waals surface area contributed by atoms with Crippen LogP contribution in [-0.2, 0) is 17.4 Å². The second-order valence-corrected chi connectivity index (χ2v) is 6.73. The maximum Gasteiger partial charge on any atom is 0.416 e. The zero-order chi connectivity index (χ0) is 20.1.